The summed E-state index contributed by atoms with van der Waals surface area (Å²) in [5, 5.41) is 9.38. The summed E-state index contributed by atoms with van der Waals surface area (Å²) in [7, 11) is 0. The number of carbonyl (C=O) groups excluding carboxylic acids is 1. The highest BCUT2D eigenvalue weighted by Gasteiger charge is 2.23. The molecule has 1 fully saturated rings. The van der Waals surface area contributed by atoms with Gasteiger partial charge in [0.1, 0.15) is 6.29 Å². The normalized spacial score (nSPS) is 24.1. The lowest BCUT2D eigenvalue weighted by atomic mass is 9.83. The fourth-order valence-corrected chi connectivity index (χ4v) is 3.28. The Balaban J connectivity index is 2.12. The standard InChI is InChI=1S/C16H19ClO3/c17-14-3-1-2-13(10-14)11-4-6-12(7-5-11)15(8-9-18)16(19)20/h4-7,9,13-15H,1-3,8,10H2,(H,19,20). The van der Waals surface area contributed by atoms with E-state index in [-0.39, 0.29) is 11.8 Å². The maximum absolute atomic E-state index is 11.1. The van der Waals surface area contributed by atoms with E-state index in [2.05, 4.69) is 0 Å². The highest BCUT2D eigenvalue weighted by atomic mass is 35.5. The summed E-state index contributed by atoms with van der Waals surface area (Å²) < 4.78 is 0. The maximum atomic E-state index is 11.1. The van der Waals surface area contributed by atoms with E-state index in [0.717, 1.165) is 25.7 Å². The van der Waals surface area contributed by atoms with Gasteiger partial charge >= 0.3 is 5.97 Å². The van der Waals surface area contributed by atoms with Crippen LogP contribution in [-0.2, 0) is 9.59 Å². The van der Waals surface area contributed by atoms with E-state index in [1.807, 2.05) is 24.3 Å². The molecule has 0 bridgehead atoms. The summed E-state index contributed by atoms with van der Waals surface area (Å²) in [6, 6.07) is 7.62. The van der Waals surface area contributed by atoms with Crippen molar-refractivity contribution in [2.45, 2.75) is 49.3 Å². The molecule has 1 aliphatic carbocycles. The fourth-order valence-electron chi connectivity index (χ4n) is 2.91. The molecule has 1 aromatic carbocycles. The third-order valence-electron chi connectivity index (χ3n) is 4.05. The molecule has 4 heteroatoms. The minimum absolute atomic E-state index is 0.0157. The summed E-state index contributed by atoms with van der Waals surface area (Å²) in [6.45, 7) is 0. The average molecular weight is 295 g/mol. The van der Waals surface area contributed by atoms with Crippen molar-refractivity contribution in [3.63, 3.8) is 0 Å². The van der Waals surface area contributed by atoms with E-state index >= 15 is 0 Å². The highest BCUT2D eigenvalue weighted by Crippen LogP contribution is 2.35. The predicted molar refractivity (Wildman–Crippen MR) is 78.3 cm³/mol. The second-order valence-electron chi connectivity index (χ2n) is 5.42. The van der Waals surface area contributed by atoms with Crippen molar-refractivity contribution in [1.82, 2.24) is 0 Å². The van der Waals surface area contributed by atoms with Gasteiger partial charge in [0.05, 0.1) is 5.92 Å². The van der Waals surface area contributed by atoms with Gasteiger partial charge in [-0.15, -0.1) is 11.6 Å². The van der Waals surface area contributed by atoms with Gasteiger partial charge in [-0.05, 0) is 36.3 Å². The topological polar surface area (TPSA) is 54.4 Å². The molecule has 20 heavy (non-hydrogen) atoms. The Kier molecular flexibility index (Phi) is 5.18. The molecule has 0 radical (unpaired) electrons. The molecule has 1 aromatic rings. The summed E-state index contributed by atoms with van der Waals surface area (Å²) in [6.07, 6.45) is 5.02. The lowest BCUT2D eigenvalue weighted by Crippen LogP contribution is -2.15. The molecule has 108 valence electrons. The minimum atomic E-state index is -0.955. The van der Waals surface area contributed by atoms with Crippen molar-refractivity contribution in [1.29, 1.82) is 0 Å². The van der Waals surface area contributed by atoms with E-state index in [4.69, 9.17) is 16.7 Å². The van der Waals surface area contributed by atoms with Gasteiger partial charge in [-0.25, -0.2) is 0 Å². The first kappa shape index (κ1) is 15.0. The van der Waals surface area contributed by atoms with Gasteiger partial charge in [-0.2, -0.15) is 0 Å². The zero-order valence-corrected chi connectivity index (χ0v) is 12.1. The number of hydrogen-bond acceptors (Lipinski definition) is 2. The number of carboxylic acids is 1. The third-order valence-corrected chi connectivity index (χ3v) is 4.45. The Hall–Kier alpha value is -1.35. The van der Waals surface area contributed by atoms with Crippen LogP contribution in [0, 0.1) is 0 Å². The van der Waals surface area contributed by atoms with Crippen LogP contribution in [0.2, 0.25) is 0 Å². The van der Waals surface area contributed by atoms with Crippen LogP contribution in [0.5, 0.6) is 0 Å². The Labute approximate surface area is 123 Å². The molecular weight excluding hydrogens is 276 g/mol. The quantitative estimate of drug-likeness (QED) is 0.665. The number of aliphatic carboxylic acids is 1. The first-order chi connectivity index (χ1) is 9.61. The van der Waals surface area contributed by atoms with Crippen molar-refractivity contribution in [3.05, 3.63) is 35.4 Å². The zero-order chi connectivity index (χ0) is 14.5. The summed E-state index contributed by atoms with van der Waals surface area (Å²) in [5.74, 6) is -1.23. The van der Waals surface area contributed by atoms with Gasteiger partial charge in [0, 0.05) is 11.8 Å². The zero-order valence-electron chi connectivity index (χ0n) is 11.3. The Bertz CT molecular complexity index is 469. The van der Waals surface area contributed by atoms with Gasteiger partial charge in [0.15, 0.2) is 0 Å². The van der Waals surface area contributed by atoms with E-state index in [0.29, 0.717) is 17.8 Å². The number of benzene rings is 1. The molecule has 3 atom stereocenters. The van der Waals surface area contributed by atoms with Gasteiger partial charge in [-0.3, -0.25) is 4.79 Å². The number of alkyl halides is 1. The minimum Gasteiger partial charge on any atom is -0.481 e. The highest BCUT2D eigenvalue weighted by molar-refractivity contribution is 6.20. The molecule has 0 aromatic heterocycles. The summed E-state index contributed by atoms with van der Waals surface area (Å²) in [4.78, 5) is 21.7. The van der Waals surface area contributed by atoms with Crippen LogP contribution in [0.25, 0.3) is 0 Å². The Morgan fingerprint density at radius 3 is 2.60 bits per heavy atom. The first-order valence-corrected chi connectivity index (χ1v) is 7.45. The Morgan fingerprint density at radius 2 is 2.05 bits per heavy atom. The van der Waals surface area contributed by atoms with Crippen LogP contribution in [0.1, 0.15) is 55.1 Å². The average Bonchev–Trinajstić information content (AvgIpc) is 2.45. The summed E-state index contributed by atoms with van der Waals surface area (Å²) >= 11 is 6.21. The monoisotopic (exact) mass is 294 g/mol. The van der Waals surface area contributed by atoms with E-state index < -0.39 is 11.9 Å². The van der Waals surface area contributed by atoms with Crippen LogP contribution < -0.4 is 0 Å². The second kappa shape index (κ2) is 6.89. The molecule has 0 saturated heterocycles. The maximum Gasteiger partial charge on any atom is 0.311 e. The van der Waals surface area contributed by atoms with Crippen LogP contribution in [-0.4, -0.2) is 22.7 Å². The van der Waals surface area contributed by atoms with Gasteiger partial charge in [-0.1, -0.05) is 30.7 Å². The molecule has 3 nitrogen and oxygen atoms in total. The number of carboxylic acid groups (broad SMARTS) is 1. The first-order valence-electron chi connectivity index (χ1n) is 7.02. The SMILES string of the molecule is O=CCC(C(=O)O)c1ccc(C2CCCC(Cl)C2)cc1. The van der Waals surface area contributed by atoms with Crippen molar-refractivity contribution >= 4 is 23.9 Å². The molecule has 3 unspecified atom stereocenters. The van der Waals surface area contributed by atoms with Gasteiger partial charge in [0.25, 0.3) is 0 Å². The largest absolute Gasteiger partial charge is 0.481 e. The van der Waals surface area contributed by atoms with E-state index in [1.165, 1.54) is 5.56 Å². The van der Waals surface area contributed by atoms with Gasteiger partial charge in [0.2, 0.25) is 0 Å². The van der Waals surface area contributed by atoms with Crippen LogP contribution in [0.15, 0.2) is 24.3 Å². The third kappa shape index (κ3) is 3.60. The van der Waals surface area contributed by atoms with Crippen LogP contribution in [0.4, 0.5) is 0 Å². The van der Waals surface area contributed by atoms with Crippen molar-refractivity contribution in [3.8, 4) is 0 Å². The molecular formula is C16H19ClO3. The molecule has 0 heterocycles. The Morgan fingerprint density at radius 1 is 1.35 bits per heavy atom. The lowest BCUT2D eigenvalue weighted by Gasteiger charge is -2.26. The van der Waals surface area contributed by atoms with Crippen LogP contribution >= 0.6 is 11.6 Å². The second-order valence-corrected chi connectivity index (χ2v) is 6.04. The molecule has 0 aliphatic heterocycles. The smallest absolute Gasteiger partial charge is 0.311 e. The molecule has 2 rings (SSSR count). The van der Waals surface area contributed by atoms with Crippen molar-refractivity contribution in [2.75, 3.05) is 0 Å². The van der Waals surface area contributed by atoms with Crippen LogP contribution in [0.3, 0.4) is 0 Å². The van der Waals surface area contributed by atoms with E-state index in [1.54, 1.807) is 0 Å². The van der Waals surface area contributed by atoms with E-state index in [9.17, 15) is 9.59 Å². The molecule has 1 N–H and O–H groups in total. The number of aldehydes is 1. The number of hydrogen-bond donors (Lipinski definition) is 1. The van der Waals surface area contributed by atoms with Gasteiger partial charge < -0.3 is 9.90 Å². The molecule has 0 amide bonds. The molecule has 1 saturated carbocycles. The lowest BCUT2D eigenvalue weighted by molar-refractivity contribution is -0.139. The number of carbonyl (C=O) groups is 2. The predicted octanol–water partition coefficient (Wildman–Crippen LogP) is 3.71. The summed E-state index contributed by atoms with van der Waals surface area (Å²) in [5.41, 5.74) is 1.90. The number of halogens is 1. The fraction of sp³-hybridized carbons (Fsp3) is 0.500. The van der Waals surface area contributed by atoms with Crippen molar-refractivity contribution in [2.24, 2.45) is 0 Å². The molecule has 0 spiro atoms. The van der Waals surface area contributed by atoms with Crippen molar-refractivity contribution < 1.29 is 14.7 Å². The molecule has 1 aliphatic rings. The number of rotatable bonds is 5.